The van der Waals surface area contributed by atoms with Gasteiger partial charge in [0.25, 0.3) is 11.5 Å². The van der Waals surface area contributed by atoms with E-state index in [4.69, 9.17) is 24.7 Å². The summed E-state index contributed by atoms with van der Waals surface area (Å²) < 4.78 is 21.6. The number of carbonyl (C=O) groups excluding carboxylic acids is 2. The van der Waals surface area contributed by atoms with E-state index < -0.39 is 5.56 Å². The molecule has 0 spiro atoms. The van der Waals surface area contributed by atoms with Gasteiger partial charge in [-0.25, -0.2) is 9.97 Å². The third-order valence-electron chi connectivity index (χ3n) is 6.32. The first-order chi connectivity index (χ1) is 21.9. The standard InChI is InChI=1S/C30H44N8O7/c1-3-11-42-13-15-44-17-18-45-16-14-43-12-10-32-25(39)9-4-21(2)35-28(40)22-5-7-23(8-6-22)33-19-24-20-34-27-26(36-24)29(41)38-30(31)37-27/h5-8,20-21,33H,3-4,9-19H2,1-2H3,(H,32,39)(H,35,40)(H3,31,34,37,38,41)/t21-/m1/s1. The highest BCUT2D eigenvalue weighted by atomic mass is 16.6. The van der Waals surface area contributed by atoms with Crippen molar-refractivity contribution in [1.82, 2.24) is 30.6 Å². The Morgan fingerprint density at radius 2 is 1.58 bits per heavy atom. The molecule has 0 bridgehead atoms. The first-order valence-corrected chi connectivity index (χ1v) is 15.1. The van der Waals surface area contributed by atoms with Gasteiger partial charge in [0.1, 0.15) is 0 Å². The smallest absolute Gasteiger partial charge is 0.280 e. The lowest BCUT2D eigenvalue weighted by molar-refractivity contribution is -0.121. The molecule has 0 saturated carbocycles. The number of nitrogens with zero attached hydrogens (tertiary/aromatic N) is 3. The fraction of sp³-hybridized carbons (Fsp3) is 0.533. The summed E-state index contributed by atoms with van der Waals surface area (Å²) in [5, 5.41) is 8.92. The Morgan fingerprint density at radius 1 is 0.933 bits per heavy atom. The van der Waals surface area contributed by atoms with Gasteiger partial charge in [-0.15, -0.1) is 0 Å². The highest BCUT2D eigenvalue weighted by molar-refractivity contribution is 5.94. The first-order valence-electron chi connectivity index (χ1n) is 15.1. The third-order valence-corrected chi connectivity index (χ3v) is 6.32. The van der Waals surface area contributed by atoms with E-state index in [0.29, 0.717) is 77.0 Å². The number of rotatable bonds is 22. The molecular weight excluding hydrogens is 584 g/mol. The van der Waals surface area contributed by atoms with Gasteiger partial charge in [-0.3, -0.25) is 19.4 Å². The molecule has 3 rings (SSSR count). The lowest BCUT2D eigenvalue weighted by atomic mass is 10.1. The van der Waals surface area contributed by atoms with Crippen molar-refractivity contribution >= 4 is 34.6 Å². The highest BCUT2D eigenvalue weighted by Gasteiger charge is 2.12. The van der Waals surface area contributed by atoms with Crippen LogP contribution in [0.1, 0.15) is 49.2 Å². The number of aromatic amines is 1. The Balaban J connectivity index is 1.23. The zero-order chi connectivity index (χ0) is 32.3. The van der Waals surface area contributed by atoms with Crippen LogP contribution in [0.15, 0.2) is 35.3 Å². The van der Waals surface area contributed by atoms with Crippen LogP contribution in [-0.4, -0.2) is 97.2 Å². The molecule has 0 aliphatic carbocycles. The molecular formula is C30H44N8O7. The lowest BCUT2D eigenvalue weighted by Crippen LogP contribution is -2.34. The Kier molecular flexibility index (Phi) is 15.7. The van der Waals surface area contributed by atoms with E-state index in [1.165, 1.54) is 6.20 Å². The van der Waals surface area contributed by atoms with Gasteiger partial charge in [-0.05, 0) is 44.0 Å². The number of carbonyl (C=O) groups is 2. The van der Waals surface area contributed by atoms with Gasteiger partial charge in [0.15, 0.2) is 11.2 Å². The summed E-state index contributed by atoms with van der Waals surface area (Å²) in [4.78, 5) is 51.6. The second-order valence-electron chi connectivity index (χ2n) is 10.1. The van der Waals surface area contributed by atoms with Crippen LogP contribution in [-0.2, 0) is 30.3 Å². The topological polar surface area (TPSA) is 205 Å². The number of ether oxygens (including phenoxy) is 4. The molecule has 15 heteroatoms. The van der Waals surface area contributed by atoms with Gasteiger partial charge < -0.3 is 40.6 Å². The van der Waals surface area contributed by atoms with Gasteiger partial charge in [0, 0.05) is 36.9 Å². The van der Waals surface area contributed by atoms with Crippen LogP contribution >= 0.6 is 0 Å². The van der Waals surface area contributed by atoms with Crippen LogP contribution < -0.4 is 27.2 Å². The predicted molar refractivity (Wildman–Crippen MR) is 169 cm³/mol. The average Bonchev–Trinajstić information content (AvgIpc) is 3.03. The number of hydrogen-bond donors (Lipinski definition) is 5. The van der Waals surface area contributed by atoms with Gasteiger partial charge in [-0.2, -0.15) is 4.98 Å². The van der Waals surface area contributed by atoms with Gasteiger partial charge in [0.2, 0.25) is 11.9 Å². The molecule has 0 saturated heterocycles. The van der Waals surface area contributed by atoms with Crippen LogP contribution in [0.25, 0.3) is 11.2 Å². The molecule has 15 nitrogen and oxygen atoms in total. The molecule has 0 unspecified atom stereocenters. The normalized spacial score (nSPS) is 11.8. The van der Waals surface area contributed by atoms with E-state index in [9.17, 15) is 14.4 Å². The Bertz CT molecular complexity index is 1390. The van der Waals surface area contributed by atoms with Crippen LogP contribution in [0.5, 0.6) is 0 Å². The van der Waals surface area contributed by atoms with E-state index in [1.807, 2.05) is 6.92 Å². The molecule has 0 radical (unpaired) electrons. The number of nitrogens with two attached hydrogens (primary N) is 1. The molecule has 2 amide bonds. The largest absolute Gasteiger partial charge is 0.379 e. The van der Waals surface area contributed by atoms with E-state index in [1.54, 1.807) is 24.3 Å². The lowest BCUT2D eigenvalue weighted by Gasteiger charge is -2.14. The zero-order valence-electron chi connectivity index (χ0n) is 25.9. The average molecular weight is 629 g/mol. The monoisotopic (exact) mass is 628 g/mol. The van der Waals surface area contributed by atoms with E-state index in [-0.39, 0.29) is 41.4 Å². The molecule has 0 fully saturated rings. The number of anilines is 2. The number of nitrogens with one attached hydrogen (secondary N) is 4. The molecule has 6 N–H and O–H groups in total. The van der Waals surface area contributed by atoms with Crippen molar-refractivity contribution < 1.29 is 28.5 Å². The van der Waals surface area contributed by atoms with Crippen molar-refractivity contribution in [3.05, 3.63) is 52.1 Å². The van der Waals surface area contributed by atoms with Crippen molar-refractivity contribution in [3.63, 3.8) is 0 Å². The summed E-state index contributed by atoms with van der Waals surface area (Å²) in [6.07, 6.45) is 3.29. The second kappa shape index (κ2) is 20.0. The fourth-order valence-electron chi connectivity index (χ4n) is 3.97. The van der Waals surface area contributed by atoms with Crippen LogP contribution in [0.4, 0.5) is 11.6 Å². The summed E-state index contributed by atoms with van der Waals surface area (Å²) in [7, 11) is 0. The van der Waals surface area contributed by atoms with Crippen molar-refractivity contribution in [2.75, 3.05) is 70.5 Å². The van der Waals surface area contributed by atoms with Crippen molar-refractivity contribution in [2.24, 2.45) is 0 Å². The van der Waals surface area contributed by atoms with Gasteiger partial charge in [-0.1, -0.05) is 6.92 Å². The predicted octanol–water partition coefficient (Wildman–Crippen LogP) is 1.40. The molecule has 0 aliphatic heterocycles. The zero-order valence-corrected chi connectivity index (χ0v) is 25.9. The Hall–Kier alpha value is -4.18. The molecule has 246 valence electrons. The number of nitrogen functional groups attached to an aromatic ring is 1. The number of amides is 2. The molecule has 1 aromatic carbocycles. The second-order valence-corrected chi connectivity index (χ2v) is 10.1. The van der Waals surface area contributed by atoms with Gasteiger partial charge >= 0.3 is 0 Å². The minimum Gasteiger partial charge on any atom is -0.379 e. The maximum Gasteiger partial charge on any atom is 0.280 e. The number of H-pyrrole nitrogens is 1. The highest BCUT2D eigenvalue weighted by Crippen LogP contribution is 2.12. The SMILES string of the molecule is CCCOCCOCCOCCOCCNC(=O)CC[C@@H](C)NC(=O)c1ccc(NCc2cnc3nc(N)[nH]c(=O)c3n2)cc1. The van der Waals surface area contributed by atoms with E-state index >= 15 is 0 Å². The van der Waals surface area contributed by atoms with E-state index in [0.717, 1.165) is 18.7 Å². The first kappa shape index (κ1) is 35.3. The Morgan fingerprint density at radius 3 is 2.24 bits per heavy atom. The molecule has 2 aromatic heterocycles. The summed E-state index contributed by atoms with van der Waals surface area (Å²) >= 11 is 0. The molecule has 3 aromatic rings. The number of hydrogen-bond acceptors (Lipinski definition) is 12. The van der Waals surface area contributed by atoms with Crippen molar-refractivity contribution in [1.29, 1.82) is 0 Å². The van der Waals surface area contributed by atoms with Gasteiger partial charge in [0.05, 0.1) is 64.7 Å². The van der Waals surface area contributed by atoms with Crippen molar-refractivity contribution in [3.8, 4) is 0 Å². The van der Waals surface area contributed by atoms with Crippen LogP contribution in [0, 0.1) is 0 Å². The molecule has 45 heavy (non-hydrogen) atoms. The Labute approximate surface area is 262 Å². The summed E-state index contributed by atoms with van der Waals surface area (Å²) in [6.45, 7) is 8.83. The quantitative estimate of drug-likeness (QED) is 0.100. The fourth-order valence-corrected chi connectivity index (χ4v) is 3.97. The number of benzene rings is 1. The minimum atomic E-state index is -0.457. The summed E-state index contributed by atoms with van der Waals surface area (Å²) in [6, 6.07) is 6.74. The molecule has 1 atom stereocenters. The molecule has 0 aliphatic rings. The van der Waals surface area contributed by atoms with Crippen LogP contribution in [0.3, 0.4) is 0 Å². The van der Waals surface area contributed by atoms with E-state index in [2.05, 4.69) is 42.8 Å². The number of aromatic nitrogens is 4. The number of fused-ring (bicyclic) bond motifs is 1. The van der Waals surface area contributed by atoms with Crippen LogP contribution in [0.2, 0.25) is 0 Å². The maximum atomic E-state index is 12.7. The van der Waals surface area contributed by atoms with Crippen molar-refractivity contribution in [2.45, 2.75) is 45.7 Å². The summed E-state index contributed by atoms with van der Waals surface area (Å²) in [5.41, 5.74) is 7.15. The summed E-state index contributed by atoms with van der Waals surface area (Å²) in [5.74, 6) is -0.356. The minimum absolute atomic E-state index is 0.0193. The molecule has 2 heterocycles. The maximum absolute atomic E-state index is 12.7. The third kappa shape index (κ3) is 13.6.